The average Bonchev–Trinajstić information content (AvgIpc) is 3.39. The first-order valence-corrected chi connectivity index (χ1v) is 13.9. The highest BCUT2D eigenvalue weighted by molar-refractivity contribution is 5.91. The van der Waals surface area contributed by atoms with Gasteiger partial charge in [-0.25, -0.2) is 4.98 Å². The Hall–Kier alpha value is -5.48. The molecule has 0 bridgehead atoms. The first kappa shape index (κ1) is 23.4. The maximum atomic E-state index is 5.10. The van der Waals surface area contributed by atoms with Crippen LogP contribution in [0.15, 0.2) is 134 Å². The van der Waals surface area contributed by atoms with Gasteiger partial charge in [0.15, 0.2) is 0 Å². The summed E-state index contributed by atoms with van der Waals surface area (Å²) >= 11 is 0. The highest BCUT2D eigenvalue weighted by Gasteiger charge is 2.18. The zero-order valence-corrected chi connectivity index (χ0v) is 22.3. The van der Waals surface area contributed by atoms with Crippen LogP contribution in [0.4, 0.5) is 0 Å². The monoisotopic (exact) mass is 526 g/mol. The van der Waals surface area contributed by atoms with Crippen molar-refractivity contribution >= 4 is 27.8 Å². The third-order valence-electron chi connectivity index (χ3n) is 7.96. The van der Waals surface area contributed by atoms with Gasteiger partial charge in [-0.3, -0.25) is 4.98 Å². The van der Waals surface area contributed by atoms with Crippen LogP contribution in [0.3, 0.4) is 0 Å². The zero-order valence-electron chi connectivity index (χ0n) is 22.3. The van der Waals surface area contributed by atoms with Gasteiger partial charge in [0, 0.05) is 46.7 Å². The van der Waals surface area contributed by atoms with Crippen LogP contribution in [0.5, 0.6) is 0 Å². The van der Waals surface area contributed by atoms with Crippen molar-refractivity contribution in [3.63, 3.8) is 0 Å². The summed E-state index contributed by atoms with van der Waals surface area (Å²) in [6.45, 7) is 0.837. The summed E-state index contributed by atoms with van der Waals surface area (Å²) in [4.78, 5) is 9.31. The van der Waals surface area contributed by atoms with E-state index in [1.807, 2.05) is 30.7 Å². The molecule has 1 aliphatic rings. The summed E-state index contributed by atoms with van der Waals surface area (Å²) in [5.74, 6) is 0. The molecule has 4 heteroatoms. The van der Waals surface area contributed by atoms with Crippen molar-refractivity contribution < 1.29 is 0 Å². The highest BCUT2D eigenvalue weighted by atomic mass is 15.0. The second kappa shape index (κ2) is 9.61. The standard InChI is InChI=1S/C37H26N4/c1-2-6-28-21-29(10-9-25(28)5-1)35-23-30(22-34(40-35)27-15-18-38-19-16-27)26-11-13-31(14-12-26)41-36-8-4-3-7-32(36)33-24-39-20-17-37(33)41/h1-23,39H,24H2. The molecular weight excluding hydrogens is 500 g/mol. The van der Waals surface area contributed by atoms with Gasteiger partial charge in [-0.15, -0.1) is 0 Å². The fraction of sp³-hybridized carbons (Fsp3) is 0.0270. The molecule has 194 valence electrons. The number of nitrogens with one attached hydrogen (secondary N) is 1. The van der Waals surface area contributed by atoms with E-state index in [0.29, 0.717) is 0 Å². The summed E-state index contributed by atoms with van der Waals surface area (Å²) in [6.07, 6.45) is 7.85. The van der Waals surface area contributed by atoms with E-state index in [2.05, 4.69) is 124 Å². The number of fused-ring (bicyclic) bond motifs is 4. The summed E-state index contributed by atoms with van der Waals surface area (Å²) in [5.41, 5.74) is 11.3. The van der Waals surface area contributed by atoms with Gasteiger partial charge in [-0.05, 0) is 82.7 Å². The molecule has 7 aromatic rings. The number of aromatic nitrogens is 3. The van der Waals surface area contributed by atoms with Crippen LogP contribution in [0.2, 0.25) is 0 Å². The highest BCUT2D eigenvalue weighted by Crippen LogP contribution is 2.35. The molecule has 0 fully saturated rings. The van der Waals surface area contributed by atoms with Gasteiger partial charge in [0.1, 0.15) is 0 Å². The van der Waals surface area contributed by atoms with Crippen LogP contribution in [-0.4, -0.2) is 14.5 Å². The number of nitrogens with zero attached hydrogens (tertiary/aromatic N) is 3. The van der Waals surface area contributed by atoms with E-state index < -0.39 is 0 Å². The maximum absolute atomic E-state index is 5.10. The summed E-state index contributed by atoms with van der Waals surface area (Å²) in [5, 5.41) is 7.09. The SMILES string of the molecule is C1=Cc2c(c3ccccc3n2-c2ccc(-c3cc(-c4ccncc4)nc(-c4ccc5ccccc5c4)c3)cc2)CN1. The third-order valence-corrected chi connectivity index (χ3v) is 7.96. The largest absolute Gasteiger partial charge is 0.387 e. The smallest absolute Gasteiger partial charge is 0.0716 e. The summed E-state index contributed by atoms with van der Waals surface area (Å²) in [6, 6.07) is 41.0. The van der Waals surface area contributed by atoms with Crippen molar-refractivity contribution in [2.45, 2.75) is 6.54 Å². The average molecular weight is 527 g/mol. The van der Waals surface area contributed by atoms with Gasteiger partial charge in [-0.2, -0.15) is 0 Å². The van der Waals surface area contributed by atoms with E-state index in [9.17, 15) is 0 Å². The van der Waals surface area contributed by atoms with E-state index in [1.165, 1.54) is 32.9 Å². The molecule has 3 aromatic heterocycles. The molecule has 0 radical (unpaired) electrons. The minimum Gasteiger partial charge on any atom is -0.387 e. The number of para-hydroxylation sites is 1. The molecule has 8 rings (SSSR count). The second-order valence-electron chi connectivity index (χ2n) is 10.4. The lowest BCUT2D eigenvalue weighted by Crippen LogP contribution is -2.10. The first-order valence-electron chi connectivity index (χ1n) is 13.9. The van der Waals surface area contributed by atoms with Crippen molar-refractivity contribution in [2.75, 3.05) is 0 Å². The molecule has 1 aliphatic heterocycles. The number of hydrogen-bond donors (Lipinski definition) is 1. The maximum Gasteiger partial charge on any atom is 0.0716 e. The zero-order chi connectivity index (χ0) is 27.2. The van der Waals surface area contributed by atoms with E-state index in [0.717, 1.165) is 45.9 Å². The Morgan fingerprint density at radius 2 is 1.34 bits per heavy atom. The van der Waals surface area contributed by atoms with Crippen molar-refractivity contribution in [2.24, 2.45) is 0 Å². The Morgan fingerprint density at radius 3 is 2.20 bits per heavy atom. The molecule has 41 heavy (non-hydrogen) atoms. The fourth-order valence-corrected chi connectivity index (χ4v) is 5.93. The van der Waals surface area contributed by atoms with Gasteiger partial charge >= 0.3 is 0 Å². The van der Waals surface area contributed by atoms with Crippen molar-refractivity contribution in [1.82, 2.24) is 19.9 Å². The topological polar surface area (TPSA) is 42.7 Å². The van der Waals surface area contributed by atoms with Gasteiger partial charge in [0.25, 0.3) is 0 Å². The van der Waals surface area contributed by atoms with E-state index in [-0.39, 0.29) is 0 Å². The van der Waals surface area contributed by atoms with Gasteiger partial charge in [0.05, 0.1) is 22.6 Å². The lowest BCUT2D eigenvalue weighted by molar-refractivity contribution is 0.855. The van der Waals surface area contributed by atoms with Crippen LogP contribution in [0.1, 0.15) is 11.3 Å². The van der Waals surface area contributed by atoms with Crippen LogP contribution in [0, 0.1) is 0 Å². The van der Waals surface area contributed by atoms with Crippen molar-refractivity contribution in [3.05, 3.63) is 145 Å². The number of benzene rings is 4. The molecule has 0 spiro atoms. The minimum atomic E-state index is 0.837. The Bertz CT molecular complexity index is 2090. The predicted molar refractivity (Wildman–Crippen MR) is 169 cm³/mol. The normalized spacial score (nSPS) is 12.4. The Balaban J connectivity index is 1.26. The van der Waals surface area contributed by atoms with Crippen LogP contribution in [-0.2, 0) is 6.54 Å². The lowest BCUT2D eigenvalue weighted by atomic mass is 9.99. The molecule has 0 aliphatic carbocycles. The summed E-state index contributed by atoms with van der Waals surface area (Å²) < 4.78 is 2.36. The molecule has 0 saturated heterocycles. The lowest BCUT2D eigenvalue weighted by Gasteiger charge is -2.14. The van der Waals surface area contributed by atoms with Crippen molar-refractivity contribution in [3.8, 4) is 39.3 Å². The van der Waals surface area contributed by atoms with E-state index in [4.69, 9.17) is 4.98 Å². The molecule has 0 saturated carbocycles. The molecule has 0 unspecified atom stereocenters. The van der Waals surface area contributed by atoms with Gasteiger partial charge in [-0.1, -0.05) is 66.7 Å². The Labute approximate surface area is 238 Å². The van der Waals surface area contributed by atoms with Gasteiger partial charge in [0.2, 0.25) is 0 Å². The molecule has 4 heterocycles. The van der Waals surface area contributed by atoms with E-state index in [1.54, 1.807) is 0 Å². The molecule has 4 nitrogen and oxygen atoms in total. The molecule has 0 amide bonds. The van der Waals surface area contributed by atoms with E-state index >= 15 is 0 Å². The minimum absolute atomic E-state index is 0.837. The van der Waals surface area contributed by atoms with Crippen LogP contribution in [0.25, 0.3) is 67.1 Å². The quantitative estimate of drug-likeness (QED) is 0.250. The van der Waals surface area contributed by atoms with Gasteiger partial charge < -0.3 is 9.88 Å². The molecular formula is C37H26N4. The molecule has 1 N–H and O–H groups in total. The molecule has 0 atom stereocenters. The van der Waals surface area contributed by atoms with Crippen molar-refractivity contribution in [1.29, 1.82) is 0 Å². The van der Waals surface area contributed by atoms with Crippen LogP contribution < -0.4 is 5.32 Å². The number of rotatable bonds is 4. The van der Waals surface area contributed by atoms with Crippen LogP contribution >= 0.6 is 0 Å². The number of pyridine rings is 2. The Kier molecular flexibility index (Phi) is 5.49. The molecule has 4 aromatic carbocycles. The first-order chi connectivity index (χ1) is 20.3. The third kappa shape index (κ3) is 4.09. The summed E-state index contributed by atoms with van der Waals surface area (Å²) in [7, 11) is 0. The second-order valence-corrected chi connectivity index (χ2v) is 10.4. The number of hydrogen-bond acceptors (Lipinski definition) is 3. The predicted octanol–water partition coefficient (Wildman–Crippen LogP) is 8.65. The Morgan fingerprint density at radius 1 is 0.610 bits per heavy atom. The fourth-order valence-electron chi connectivity index (χ4n) is 5.93.